The van der Waals surface area contributed by atoms with Gasteiger partial charge in [-0.2, -0.15) is 0 Å². The van der Waals surface area contributed by atoms with E-state index in [0.29, 0.717) is 0 Å². The Labute approximate surface area is 96.2 Å². The van der Waals surface area contributed by atoms with Crippen molar-refractivity contribution in [2.24, 2.45) is 16.9 Å². The molecule has 0 saturated carbocycles. The first-order chi connectivity index (χ1) is 7.76. The lowest BCUT2D eigenvalue weighted by Gasteiger charge is -2.41. The lowest BCUT2D eigenvalue weighted by Crippen LogP contribution is -2.46. The number of fused-ring (bicyclic) bond motifs is 1. The van der Waals surface area contributed by atoms with Gasteiger partial charge in [-0.25, -0.2) is 0 Å². The van der Waals surface area contributed by atoms with Crippen molar-refractivity contribution in [1.29, 1.82) is 0 Å². The molecule has 3 heteroatoms. The summed E-state index contributed by atoms with van der Waals surface area (Å²) in [6, 6.07) is 8.62. The molecule has 1 aromatic rings. The molecule has 3 rings (SSSR count). The maximum atomic E-state index is 6.44. The Morgan fingerprint density at radius 1 is 1.00 bits per heavy atom. The van der Waals surface area contributed by atoms with E-state index in [1.807, 2.05) is 0 Å². The number of nitrogens with one attached hydrogen (secondary N) is 1. The molecule has 86 valence electrons. The van der Waals surface area contributed by atoms with Crippen LogP contribution in [0.25, 0.3) is 0 Å². The summed E-state index contributed by atoms with van der Waals surface area (Å²) in [5.74, 6) is 0. The molecule has 0 amide bonds. The zero-order valence-corrected chi connectivity index (χ0v) is 9.45. The normalized spacial score (nSPS) is 31.6. The van der Waals surface area contributed by atoms with Crippen LogP contribution in [0.4, 0.5) is 0 Å². The molecular weight excluding hydrogens is 198 g/mol. The number of rotatable bonds is 0. The molecule has 1 aromatic carbocycles. The van der Waals surface area contributed by atoms with Crippen molar-refractivity contribution in [2.75, 3.05) is 13.1 Å². The van der Waals surface area contributed by atoms with Gasteiger partial charge in [-0.15, -0.1) is 0 Å². The molecule has 0 bridgehead atoms. The molecule has 2 atom stereocenters. The van der Waals surface area contributed by atoms with Gasteiger partial charge in [0.25, 0.3) is 0 Å². The third kappa shape index (κ3) is 1.19. The summed E-state index contributed by atoms with van der Waals surface area (Å²) in [5, 5.41) is 3.39. The van der Waals surface area contributed by atoms with Crippen LogP contribution in [0.15, 0.2) is 24.3 Å². The highest BCUT2D eigenvalue weighted by atomic mass is 14.9. The number of benzene rings is 1. The van der Waals surface area contributed by atoms with Crippen LogP contribution in [0, 0.1) is 5.41 Å². The van der Waals surface area contributed by atoms with Crippen molar-refractivity contribution < 1.29 is 0 Å². The van der Waals surface area contributed by atoms with E-state index in [-0.39, 0.29) is 17.5 Å². The second kappa shape index (κ2) is 3.55. The molecule has 1 saturated heterocycles. The number of hydrogen-bond donors (Lipinski definition) is 3. The largest absolute Gasteiger partial charge is 0.323 e. The topological polar surface area (TPSA) is 64.1 Å². The minimum atomic E-state index is 0.0922. The van der Waals surface area contributed by atoms with Crippen molar-refractivity contribution >= 4 is 0 Å². The lowest BCUT2D eigenvalue weighted by molar-refractivity contribution is 0.136. The fourth-order valence-electron chi connectivity index (χ4n) is 3.40. The van der Waals surface area contributed by atoms with Crippen LogP contribution in [0.3, 0.4) is 0 Å². The Balaban J connectivity index is 2.06. The highest BCUT2D eigenvalue weighted by Gasteiger charge is 2.50. The first-order valence-corrected chi connectivity index (χ1v) is 6.06. The van der Waals surface area contributed by atoms with E-state index >= 15 is 0 Å². The number of hydrogen-bond acceptors (Lipinski definition) is 3. The first kappa shape index (κ1) is 10.3. The Morgan fingerprint density at radius 3 is 2.00 bits per heavy atom. The van der Waals surface area contributed by atoms with E-state index in [9.17, 15) is 0 Å². The van der Waals surface area contributed by atoms with E-state index in [4.69, 9.17) is 11.5 Å². The molecule has 0 aromatic heterocycles. The summed E-state index contributed by atoms with van der Waals surface area (Å²) in [5.41, 5.74) is 15.5. The average molecular weight is 217 g/mol. The standard InChI is InChI=1S/C13H19N3/c14-11-9-3-1-2-4-10(9)12(15)13(11)5-7-16-8-6-13/h1-4,11-12,16H,5-8,14-15H2. The van der Waals surface area contributed by atoms with Crippen LogP contribution >= 0.6 is 0 Å². The highest BCUT2D eigenvalue weighted by molar-refractivity contribution is 5.41. The van der Waals surface area contributed by atoms with Crippen molar-refractivity contribution in [3.05, 3.63) is 35.4 Å². The van der Waals surface area contributed by atoms with Crippen molar-refractivity contribution in [3.8, 4) is 0 Å². The van der Waals surface area contributed by atoms with Crippen LogP contribution in [-0.2, 0) is 0 Å². The minimum absolute atomic E-state index is 0.0922. The predicted octanol–water partition coefficient (Wildman–Crippen LogP) is 1.07. The molecule has 1 spiro atoms. The smallest absolute Gasteiger partial charge is 0.0374 e. The van der Waals surface area contributed by atoms with Gasteiger partial charge in [0.15, 0.2) is 0 Å². The molecule has 2 aliphatic rings. The summed E-state index contributed by atoms with van der Waals surface area (Å²) in [7, 11) is 0. The highest BCUT2D eigenvalue weighted by Crippen LogP contribution is 2.55. The molecule has 3 nitrogen and oxygen atoms in total. The van der Waals surface area contributed by atoms with Crippen molar-refractivity contribution in [2.45, 2.75) is 24.9 Å². The Morgan fingerprint density at radius 2 is 1.50 bits per heavy atom. The molecule has 1 fully saturated rings. The Kier molecular flexibility index (Phi) is 2.28. The van der Waals surface area contributed by atoms with Gasteiger partial charge in [0.2, 0.25) is 0 Å². The molecule has 1 aliphatic heterocycles. The fourth-order valence-corrected chi connectivity index (χ4v) is 3.40. The SMILES string of the molecule is NC1c2ccccc2C(N)C12CCNCC2. The second-order valence-corrected chi connectivity index (χ2v) is 5.07. The average Bonchev–Trinajstić information content (AvgIpc) is 2.55. The Hall–Kier alpha value is -0.900. The van der Waals surface area contributed by atoms with E-state index in [0.717, 1.165) is 25.9 Å². The number of nitrogens with two attached hydrogens (primary N) is 2. The summed E-state index contributed by atoms with van der Waals surface area (Å²) < 4.78 is 0. The van der Waals surface area contributed by atoms with Gasteiger partial charge in [0.1, 0.15) is 0 Å². The first-order valence-electron chi connectivity index (χ1n) is 6.06. The van der Waals surface area contributed by atoms with Gasteiger partial charge in [-0.05, 0) is 37.1 Å². The van der Waals surface area contributed by atoms with E-state index < -0.39 is 0 Å². The number of piperidine rings is 1. The molecule has 5 N–H and O–H groups in total. The lowest BCUT2D eigenvalue weighted by atomic mass is 9.71. The zero-order chi connectivity index (χ0) is 11.2. The molecular formula is C13H19N3. The van der Waals surface area contributed by atoms with Crippen molar-refractivity contribution in [1.82, 2.24) is 5.32 Å². The monoisotopic (exact) mass is 217 g/mol. The van der Waals surface area contributed by atoms with Gasteiger partial charge in [0.05, 0.1) is 0 Å². The van der Waals surface area contributed by atoms with Gasteiger partial charge in [0, 0.05) is 17.5 Å². The van der Waals surface area contributed by atoms with Gasteiger partial charge in [-0.1, -0.05) is 24.3 Å². The van der Waals surface area contributed by atoms with E-state index in [1.165, 1.54) is 11.1 Å². The second-order valence-electron chi connectivity index (χ2n) is 5.07. The van der Waals surface area contributed by atoms with E-state index in [2.05, 4.69) is 29.6 Å². The summed E-state index contributed by atoms with van der Waals surface area (Å²) in [4.78, 5) is 0. The van der Waals surface area contributed by atoms with Crippen LogP contribution < -0.4 is 16.8 Å². The summed E-state index contributed by atoms with van der Waals surface area (Å²) >= 11 is 0. The van der Waals surface area contributed by atoms with Gasteiger partial charge >= 0.3 is 0 Å². The quantitative estimate of drug-likeness (QED) is 0.609. The maximum absolute atomic E-state index is 6.44. The Bertz CT molecular complexity index is 365. The third-order valence-corrected chi connectivity index (χ3v) is 4.44. The van der Waals surface area contributed by atoms with Crippen molar-refractivity contribution in [3.63, 3.8) is 0 Å². The molecule has 0 radical (unpaired) electrons. The molecule has 16 heavy (non-hydrogen) atoms. The van der Waals surface area contributed by atoms with Gasteiger partial charge < -0.3 is 16.8 Å². The summed E-state index contributed by atoms with van der Waals surface area (Å²) in [6.07, 6.45) is 2.17. The third-order valence-electron chi connectivity index (χ3n) is 4.44. The van der Waals surface area contributed by atoms with Crippen LogP contribution in [0.2, 0.25) is 0 Å². The molecule has 1 aliphatic carbocycles. The fraction of sp³-hybridized carbons (Fsp3) is 0.538. The summed E-state index contributed by atoms with van der Waals surface area (Å²) in [6.45, 7) is 2.07. The van der Waals surface area contributed by atoms with Crippen LogP contribution in [0.5, 0.6) is 0 Å². The molecule has 1 heterocycles. The van der Waals surface area contributed by atoms with Crippen LogP contribution in [0.1, 0.15) is 36.1 Å². The van der Waals surface area contributed by atoms with Gasteiger partial charge in [-0.3, -0.25) is 0 Å². The zero-order valence-electron chi connectivity index (χ0n) is 9.45. The predicted molar refractivity (Wildman–Crippen MR) is 64.8 cm³/mol. The van der Waals surface area contributed by atoms with E-state index in [1.54, 1.807) is 0 Å². The maximum Gasteiger partial charge on any atom is 0.0374 e. The minimum Gasteiger partial charge on any atom is -0.323 e. The molecule has 2 unspecified atom stereocenters. The van der Waals surface area contributed by atoms with Crippen LogP contribution in [-0.4, -0.2) is 13.1 Å².